The summed E-state index contributed by atoms with van der Waals surface area (Å²) in [6, 6.07) is 3.88. The largest absolute Gasteiger partial charge is 0.450 e. The van der Waals surface area contributed by atoms with Gasteiger partial charge in [0.1, 0.15) is 0 Å². The van der Waals surface area contributed by atoms with Gasteiger partial charge in [-0.15, -0.1) is 0 Å². The second kappa shape index (κ2) is 5.16. The van der Waals surface area contributed by atoms with Gasteiger partial charge in [0.15, 0.2) is 0 Å². The molecule has 1 rings (SSSR count). The molecule has 1 aromatic carbocycles. The summed E-state index contributed by atoms with van der Waals surface area (Å²) >= 11 is 3.39. The molecule has 0 spiro atoms. The van der Waals surface area contributed by atoms with Gasteiger partial charge in [0.05, 0.1) is 12.3 Å². The molecule has 1 aromatic rings. The molecule has 0 saturated carbocycles. The number of carbonyl (C=O) groups is 1. The van der Waals surface area contributed by atoms with Crippen LogP contribution in [0.1, 0.15) is 18.1 Å². The first-order valence-electron chi connectivity index (χ1n) is 4.75. The highest BCUT2D eigenvalue weighted by Crippen LogP contribution is 2.26. The maximum absolute atomic E-state index is 11.2. The molecule has 0 aliphatic rings. The van der Waals surface area contributed by atoms with Crippen LogP contribution in [-0.4, -0.2) is 12.7 Å². The Hall–Kier alpha value is -1.03. The molecule has 0 fully saturated rings. The summed E-state index contributed by atoms with van der Waals surface area (Å²) in [5.41, 5.74) is 3.04. The number of halogens is 1. The zero-order valence-electron chi connectivity index (χ0n) is 9.06. The Morgan fingerprint density at radius 3 is 2.60 bits per heavy atom. The molecule has 4 heteroatoms. The Balaban J connectivity index is 2.86. The molecule has 0 heterocycles. The topological polar surface area (TPSA) is 38.3 Å². The Kier molecular flexibility index (Phi) is 4.15. The summed E-state index contributed by atoms with van der Waals surface area (Å²) in [6.07, 6.45) is -0.429. The summed E-state index contributed by atoms with van der Waals surface area (Å²) in [5.74, 6) is 0. The molecule has 0 aromatic heterocycles. The van der Waals surface area contributed by atoms with E-state index in [-0.39, 0.29) is 0 Å². The Labute approximate surface area is 97.9 Å². The van der Waals surface area contributed by atoms with Crippen molar-refractivity contribution >= 4 is 27.7 Å². The van der Waals surface area contributed by atoms with Crippen molar-refractivity contribution in [3.63, 3.8) is 0 Å². The third kappa shape index (κ3) is 3.23. The lowest BCUT2D eigenvalue weighted by Crippen LogP contribution is -2.13. The van der Waals surface area contributed by atoms with Gasteiger partial charge in [-0.1, -0.05) is 0 Å². The Bertz CT molecular complexity index is 377. The first-order chi connectivity index (χ1) is 7.04. The molecule has 0 saturated heterocycles. The minimum Gasteiger partial charge on any atom is -0.450 e. The summed E-state index contributed by atoms with van der Waals surface area (Å²) in [7, 11) is 0. The van der Waals surface area contributed by atoms with Crippen molar-refractivity contribution in [3.8, 4) is 0 Å². The van der Waals surface area contributed by atoms with Gasteiger partial charge >= 0.3 is 6.09 Å². The third-order valence-corrected chi connectivity index (χ3v) is 2.75. The van der Waals surface area contributed by atoms with Crippen molar-refractivity contribution in [3.05, 3.63) is 27.7 Å². The maximum atomic E-state index is 11.2. The lowest BCUT2D eigenvalue weighted by molar-refractivity contribution is 0.168. The second-order valence-electron chi connectivity index (χ2n) is 3.26. The number of rotatable bonds is 2. The first kappa shape index (κ1) is 12.0. The van der Waals surface area contributed by atoms with Gasteiger partial charge in [0.2, 0.25) is 0 Å². The van der Waals surface area contributed by atoms with Gasteiger partial charge in [-0.3, -0.25) is 5.32 Å². The minimum atomic E-state index is -0.429. The number of aryl methyl sites for hydroxylation is 2. The third-order valence-electron chi connectivity index (χ3n) is 2.10. The number of nitrogens with one attached hydrogen (secondary N) is 1. The van der Waals surface area contributed by atoms with Crippen molar-refractivity contribution in [2.24, 2.45) is 0 Å². The smallest absolute Gasteiger partial charge is 0.411 e. The average molecular weight is 272 g/mol. The highest BCUT2D eigenvalue weighted by Gasteiger charge is 2.07. The molecule has 0 radical (unpaired) electrons. The summed E-state index contributed by atoms with van der Waals surface area (Å²) in [6.45, 7) is 6.16. The fourth-order valence-corrected chi connectivity index (χ4v) is 1.71. The van der Waals surface area contributed by atoms with Crippen molar-refractivity contribution in [1.82, 2.24) is 0 Å². The van der Waals surface area contributed by atoms with Crippen LogP contribution in [0.15, 0.2) is 16.6 Å². The zero-order valence-corrected chi connectivity index (χ0v) is 10.6. The van der Waals surface area contributed by atoms with Crippen molar-refractivity contribution in [2.75, 3.05) is 11.9 Å². The fourth-order valence-electron chi connectivity index (χ4n) is 1.15. The number of anilines is 1. The Morgan fingerprint density at radius 1 is 1.40 bits per heavy atom. The van der Waals surface area contributed by atoms with Crippen LogP contribution in [0.5, 0.6) is 0 Å². The van der Waals surface area contributed by atoms with E-state index >= 15 is 0 Å². The maximum Gasteiger partial charge on any atom is 0.411 e. The van der Waals surface area contributed by atoms with E-state index < -0.39 is 6.09 Å². The van der Waals surface area contributed by atoms with Gasteiger partial charge in [-0.05, 0) is 60.0 Å². The predicted molar refractivity (Wildman–Crippen MR) is 64.3 cm³/mol. The molecule has 0 bridgehead atoms. The van der Waals surface area contributed by atoms with Crippen molar-refractivity contribution < 1.29 is 9.53 Å². The molecule has 3 nitrogen and oxygen atoms in total. The van der Waals surface area contributed by atoms with Crippen molar-refractivity contribution in [1.29, 1.82) is 0 Å². The summed E-state index contributed by atoms with van der Waals surface area (Å²) < 4.78 is 5.66. The minimum absolute atomic E-state index is 0.369. The fraction of sp³-hybridized carbons (Fsp3) is 0.364. The zero-order chi connectivity index (χ0) is 11.4. The van der Waals surface area contributed by atoms with E-state index in [9.17, 15) is 4.79 Å². The number of amides is 1. The van der Waals surface area contributed by atoms with Gasteiger partial charge in [-0.2, -0.15) is 0 Å². The number of carbonyl (C=O) groups excluding carboxylic acids is 1. The molecule has 1 amide bonds. The van der Waals surface area contributed by atoms with E-state index in [1.165, 1.54) is 5.56 Å². The van der Waals surface area contributed by atoms with Crippen LogP contribution in [0.2, 0.25) is 0 Å². The normalized spacial score (nSPS) is 9.87. The average Bonchev–Trinajstić information content (AvgIpc) is 2.14. The Morgan fingerprint density at radius 2 is 2.00 bits per heavy atom. The SMILES string of the molecule is CCOC(=O)Nc1cc(C)c(C)cc1Br. The van der Waals surface area contributed by atoms with Crippen molar-refractivity contribution in [2.45, 2.75) is 20.8 Å². The standard InChI is InChI=1S/C11H14BrNO2/c1-4-15-11(14)13-10-6-8(3)7(2)5-9(10)12/h5-6H,4H2,1-3H3,(H,13,14). The first-order valence-corrected chi connectivity index (χ1v) is 5.54. The predicted octanol–water partition coefficient (Wildman–Crippen LogP) is 3.63. The van der Waals surface area contributed by atoms with Crippen LogP contribution in [0.25, 0.3) is 0 Å². The quantitative estimate of drug-likeness (QED) is 0.892. The van der Waals surface area contributed by atoms with Crippen LogP contribution in [-0.2, 0) is 4.74 Å². The molecular weight excluding hydrogens is 258 g/mol. The van der Waals surface area contributed by atoms with E-state index in [1.54, 1.807) is 6.92 Å². The van der Waals surface area contributed by atoms with Crippen LogP contribution < -0.4 is 5.32 Å². The monoisotopic (exact) mass is 271 g/mol. The van der Waals surface area contributed by atoms with Crippen LogP contribution in [0.4, 0.5) is 10.5 Å². The second-order valence-corrected chi connectivity index (χ2v) is 4.12. The molecule has 15 heavy (non-hydrogen) atoms. The molecule has 0 aliphatic heterocycles. The molecule has 82 valence electrons. The molecule has 1 N–H and O–H groups in total. The lowest BCUT2D eigenvalue weighted by Gasteiger charge is -2.09. The highest BCUT2D eigenvalue weighted by molar-refractivity contribution is 9.10. The van der Waals surface area contributed by atoms with E-state index in [2.05, 4.69) is 21.2 Å². The van der Waals surface area contributed by atoms with Gasteiger partial charge in [-0.25, -0.2) is 4.79 Å². The number of ether oxygens (including phenoxy) is 1. The van der Waals surface area contributed by atoms with E-state index in [0.29, 0.717) is 6.61 Å². The highest BCUT2D eigenvalue weighted by atomic mass is 79.9. The lowest BCUT2D eigenvalue weighted by atomic mass is 10.1. The van der Waals surface area contributed by atoms with Gasteiger partial charge in [0, 0.05) is 4.47 Å². The van der Waals surface area contributed by atoms with Crippen LogP contribution in [0.3, 0.4) is 0 Å². The van der Waals surface area contributed by atoms with E-state index in [0.717, 1.165) is 15.7 Å². The molecule has 0 aliphatic carbocycles. The van der Waals surface area contributed by atoms with Gasteiger partial charge in [0.25, 0.3) is 0 Å². The number of hydrogen-bond donors (Lipinski definition) is 1. The van der Waals surface area contributed by atoms with Gasteiger partial charge < -0.3 is 4.74 Å². The van der Waals surface area contributed by atoms with E-state index in [1.807, 2.05) is 26.0 Å². The van der Waals surface area contributed by atoms with Crippen LogP contribution >= 0.6 is 15.9 Å². The summed E-state index contributed by atoms with van der Waals surface area (Å²) in [5, 5.41) is 2.67. The number of benzene rings is 1. The van der Waals surface area contributed by atoms with Crippen LogP contribution in [0, 0.1) is 13.8 Å². The summed E-state index contributed by atoms with van der Waals surface area (Å²) in [4.78, 5) is 11.2. The molecule has 0 atom stereocenters. The molecule has 0 unspecified atom stereocenters. The number of hydrogen-bond acceptors (Lipinski definition) is 2. The van der Waals surface area contributed by atoms with E-state index in [4.69, 9.17) is 4.74 Å². The molecular formula is C11H14BrNO2.